The topological polar surface area (TPSA) is 104 Å². The van der Waals surface area contributed by atoms with Crippen molar-refractivity contribution in [2.75, 3.05) is 13.2 Å². The first-order valence-electron chi connectivity index (χ1n) is 9.67. The largest absolute Gasteiger partial charge is 0.477 e. The predicted molar refractivity (Wildman–Crippen MR) is 112 cm³/mol. The van der Waals surface area contributed by atoms with Crippen LogP contribution in [-0.2, 0) is 4.74 Å². The molecule has 2 aromatic carbocycles. The third-order valence-electron chi connectivity index (χ3n) is 5.10. The second kappa shape index (κ2) is 8.65. The molecule has 3 aromatic rings. The Balaban J connectivity index is 1.28. The lowest BCUT2D eigenvalue weighted by atomic mass is 9.98. The highest BCUT2D eigenvalue weighted by molar-refractivity contribution is 5.89. The Morgan fingerprint density at radius 3 is 2.43 bits per heavy atom. The monoisotopic (exact) mass is 403 g/mol. The number of aromatic carboxylic acids is 1. The highest BCUT2D eigenvalue weighted by Crippen LogP contribution is 2.44. The minimum absolute atomic E-state index is 0.0265. The van der Waals surface area contributed by atoms with Gasteiger partial charge in [0.15, 0.2) is 5.69 Å². The lowest BCUT2D eigenvalue weighted by molar-refractivity contribution is 0.0690. The molecule has 1 aliphatic carbocycles. The van der Waals surface area contributed by atoms with Crippen molar-refractivity contribution in [1.82, 2.24) is 15.5 Å². The van der Waals surface area contributed by atoms with Gasteiger partial charge in [-0.3, -0.25) is 5.10 Å². The summed E-state index contributed by atoms with van der Waals surface area (Å²) in [6.45, 7) is 0.653. The molecule has 7 nitrogen and oxygen atoms in total. The van der Waals surface area contributed by atoms with Crippen molar-refractivity contribution < 1.29 is 19.4 Å². The molecule has 4 rings (SSSR count). The number of ether oxygens (including phenoxy) is 1. The summed E-state index contributed by atoms with van der Waals surface area (Å²) in [6, 6.07) is 16.4. The molecule has 7 heteroatoms. The molecule has 0 aliphatic heterocycles. The summed E-state index contributed by atoms with van der Waals surface area (Å²) < 4.78 is 5.48. The Morgan fingerprint density at radius 1 is 1.10 bits per heavy atom. The van der Waals surface area contributed by atoms with E-state index >= 15 is 0 Å². The molecule has 0 bridgehead atoms. The van der Waals surface area contributed by atoms with Gasteiger partial charge in [-0.05, 0) is 28.7 Å². The predicted octanol–water partition coefficient (Wildman–Crippen LogP) is 4.05. The lowest BCUT2D eigenvalue weighted by Gasteiger charge is -2.14. The molecule has 0 radical (unpaired) electrons. The number of carboxylic acid groups (broad SMARTS) is 1. The van der Waals surface area contributed by atoms with E-state index in [9.17, 15) is 9.59 Å². The number of aromatic amines is 1. The summed E-state index contributed by atoms with van der Waals surface area (Å²) in [6.07, 6.45) is 4.95. The fourth-order valence-electron chi connectivity index (χ4n) is 3.71. The maximum atomic E-state index is 12.1. The molecule has 1 aromatic heterocycles. The van der Waals surface area contributed by atoms with E-state index in [4.69, 9.17) is 9.84 Å². The van der Waals surface area contributed by atoms with Gasteiger partial charge in [-0.1, -0.05) is 60.7 Å². The number of hydrogen-bond donors (Lipinski definition) is 3. The van der Waals surface area contributed by atoms with E-state index in [0.29, 0.717) is 18.5 Å². The molecule has 1 aliphatic rings. The van der Waals surface area contributed by atoms with Crippen LogP contribution in [0.5, 0.6) is 0 Å². The number of amides is 1. The smallest absolute Gasteiger partial charge is 0.407 e. The van der Waals surface area contributed by atoms with Gasteiger partial charge in [0, 0.05) is 18.0 Å². The van der Waals surface area contributed by atoms with Crippen molar-refractivity contribution >= 4 is 18.1 Å². The van der Waals surface area contributed by atoms with Crippen LogP contribution >= 0.6 is 0 Å². The number of rotatable bonds is 7. The quantitative estimate of drug-likeness (QED) is 0.516. The minimum atomic E-state index is -1.07. The molecular weight excluding hydrogens is 382 g/mol. The minimum Gasteiger partial charge on any atom is -0.477 e. The molecule has 1 amide bonds. The number of aromatic nitrogens is 2. The summed E-state index contributed by atoms with van der Waals surface area (Å²) in [4.78, 5) is 23.1. The number of H-pyrrole nitrogens is 1. The Kier molecular flexibility index (Phi) is 5.61. The number of carbonyl (C=O) groups is 2. The van der Waals surface area contributed by atoms with E-state index in [1.54, 1.807) is 12.2 Å². The number of benzene rings is 2. The number of nitrogens with one attached hydrogen (secondary N) is 2. The zero-order chi connectivity index (χ0) is 20.9. The van der Waals surface area contributed by atoms with Crippen molar-refractivity contribution in [1.29, 1.82) is 0 Å². The van der Waals surface area contributed by atoms with Gasteiger partial charge in [0.1, 0.15) is 6.61 Å². The van der Waals surface area contributed by atoms with Crippen molar-refractivity contribution in [2.24, 2.45) is 0 Å². The van der Waals surface area contributed by atoms with Gasteiger partial charge >= 0.3 is 12.1 Å². The van der Waals surface area contributed by atoms with E-state index < -0.39 is 12.1 Å². The van der Waals surface area contributed by atoms with Crippen molar-refractivity contribution in [3.63, 3.8) is 0 Å². The number of fused-ring (bicyclic) bond motifs is 3. The van der Waals surface area contributed by atoms with E-state index in [2.05, 4.69) is 39.8 Å². The van der Waals surface area contributed by atoms with Crippen molar-refractivity contribution in [3.05, 3.63) is 83.2 Å². The van der Waals surface area contributed by atoms with E-state index in [0.717, 1.165) is 0 Å². The highest BCUT2D eigenvalue weighted by atomic mass is 16.5. The van der Waals surface area contributed by atoms with Gasteiger partial charge < -0.3 is 15.2 Å². The van der Waals surface area contributed by atoms with Gasteiger partial charge in [0.2, 0.25) is 0 Å². The second-order valence-corrected chi connectivity index (χ2v) is 6.95. The van der Waals surface area contributed by atoms with Crippen LogP contribution in [0.25, 0.3) is 17.2 Å². The Hall–Kier alpha value is -3.87. The summed E-state index contributed by atoms with van der Waals surface area (Å²) in [5.41, 5.74) is 5.24. The molecule has 0 spiro atoms. The number of alkyl carbamates (subject to hydrolysis) is 1. The highest BCUT2D eigenvalue weighted by Gasteiger charge is 2.28. The first kappa shape index (κ1) is 19.4. The first-order chi connectivity index (χ1) is 14.6. The van der Waals surface area contributed by atoms with Gasteiger partial charge in [-0.2, -0.15) is 5.10 Å². The molecule has 0 atom stereocenters. The third-order valence-corrected chi connectivity index (χ3v) is 5.10. The van der Waals surface area contributed by atoms with Crippen LogP contribution in [0.1, 0.15) is 39.5 Å². The number of hydrogen-bond acceptors (Lipinski definition) is 4. The van der Waals surface area contributed by atoms with Crippen LogP contribution in [0.3, 0.4) is 0 Å². The van der Waals surface area contributed by atoms with Gasteiger partial charge in [-0.25, -0.2) is 9.59 Å². The number of carbonyl (C=O) groups excluding carboxylic acids is 1. The summed E-state index contributed by atoms with van der Waals surface area (Å²) >= 11 is 0. The third kappa shape index (κ3) is 3.96. The van der Waals surface area contributed by atoms with Crippen molar-refractivity contribution in [2.45, 2.75) is 12.3 Å². The zero-order valence-corrected chi connectivity index (χ0v) is 16.2. The Labute approximate surface area is 173 Å². The zero-order valence-electron chi connectivity index (χ0n) is 16.2. The van der Waals surface area contributed by atoms with E-state index in [1.165, 1.54) is 28.5 Å². The lowest BCUT2D eigenvalue weighted by Crippen LogP contribution is -2.26. The summed E-state index contributed by atoms with van der Waals surface area (Å²) in [7, 11) is 0. The molecule has 152 valence electrons. The van der Waals surface area contributed by atoms with Gasteiger partial charge in [0.25, 0.3) is 0 Å². The summed E-state index contributed by atoms with van der Waals surface area (Å²) in [5, 5.41) is 17.9. The maximum Gasteiger partial charge on any atom is 0.407 e. The summed E-state index contributed by atoms with van der Waals surface area (Å²) in [5.74, 6) is -1.04. The molecule has 0 unspecified atom stereocenters. The molecule has 0 fully saturated rings. The molecule has 1 heterocycles. The first-order valence-corrected chi connectivity index (χ1v) is 9.67. The molecule has 0 saturated heterocycles. The standard InChI is InChI=1S/C23H21N3O4/c27-22(28)21-15(13-25-26-21)7-5-6-12-24-23(29)30-14-20-18-10-3-1-8-16(18)17-9-2-4-11-19(17)20/h1-5,7-11,13,20H,6,12,14H2,(H,24,29)(H,25,26)(H,27,28). The SMILES string of the molecule is O=C(NCCC=Cc1cn[nH]c1C(=O)O)OCC1c2ccccc2-c2ccccc21. The molecular formula is C23H21N3O4. The molecule has 3 N–H and O–H groups in total. The van der Waals surface area contributed by atoms with Crippen LogP contribution in [-0.4, -0.2) is 40.5 Å². The van der Waals surface area contributed by atoms with Crippen LogP contribution in [0.4, 0.5) is 4.79 Å². The van der Waals surface area contributed by atoms with E-state index in [1.807, 2.05) is 24.3 Å². The number of nitrogens with zero attached hydrogens (tertiary/aromatic N) is 1. The normalized spacial score (nSPS) is 12.5. The van der Waals surface area contributed by atoms with Crippen LogP contribution in [0.15, 0.2) is 60.8 Å². The molecule has 30 heavy (non-hydrogen) atoms. The fraction of sp³-hybridized carbons (Fsp3) is 0.174. The fourth-order valence-corrected chi connectivity index (χ4v) is 3.71. The van der Waals surface area contributed by atoms with Crippen LogP contribution < -0.4 is 5.32 Å². The van der Waals surface area contributed by atoms with E-state index in [-0.39, 0.29) is 18.2 Å². The van der Waals surface area contributed by atoms with Gasteiger partial charge in [-0.15, -0.1) is 0 Å². The average molecular weight is 403 g/mol. The van der Waals surface area contributed by atoms with Crippen LogP contribution in [0.2, 0.25) is 0 Å². The number of carboxylic acids is 1. The van der Waals surface area contributed by atoms with Crippen molar-refractivity contribution in [3.8, 4) is 11.1 Å². The average Bonchev–Trinajstić information content (AvgIpc) is 3.35. The molecule has 0 saturated carbocycles. The maximum absolute atomic E-state index is 12.1. The Morgan fingerprint density at radius 2 is 1.77 bits per heavy atom. The van der Waals surface area contributed by atoms with Gasteiger partial charge in [0.05, 0.1) is 6.20 Å². The Bertz CT molecular complexity index is 1060. The second-order valence-electron chi connectivity index (χ2n) is 6.95. The van der Waals surface area contributed by atoms with Crippen LogP contribution in [0, 0.1) is 0 Å².